The van der Waals surface area contributed by atoms with E-state index in [0.717, 1.165) is 11.6 Å². The highest BCUT2D eigenvalue weighted by atomic mass is 14.5. The summed E-state index contributed by atoms with van der Waals surface area (Å²) in [5, 5.41) is 2.55. The van der Waals surface area contributed by atoms with E-state index in [2.05, 4.69) is 24.3 Å². The lowest BCUT2D eigenvalue weighted by Crippen LogP contribution is -1.85. The molecule has 1 heteroatoms. The zero-order valence-corrected chi connectivity index (χ0v) is 8.03. The summed E-state index contributed by atoms with van der Waals surface area (Å²) >= 11 is 0. The van der Waals surface area contributed by atoms with E-state index in [1.54, 1.807) is 0 Å². The van der Waals surface area contributed by atoms with Gasteiger partial charge in [0, 0.05) is 5.69 Å². The van der Waals surface area contributed by atoms with E-state index < -0.39 is 0 Å². The van der Waals surface area contributed by atoms with Gasteiger partial charge < -0.3 is 5.73 Å². The quantitative estimate of drug-likeness (QED) is 0.674. The first kappa shape index (κ1) is 7.86. The monoisotopic (exact) mass is 183 g/mol. The summed E-state index contributed by atoms with van der Waals surface area (Å²) in [4.78, 5) is 0. The van der Waals surface area contributed by atoms with Crippen LogP contribution in [0.3, 0.4) is 0 Å². The molecule has 1 saturated carbocycles. The summed E-state index contributed by atoms with van der Waals surface area (Å²) in [6.07, 6.45) is 2.72. The van der Waals surface area contributed by atoms with Gasteiger partial charge in [0.05, 0.1) is 0 Å². The van der Waals surface area contributed by atoms with Crippen molar-refractivity contribution in [3.8, 4) is 0 Å². The van der Waals surface area contributed by atoms with Gasteiger partial charge in [-0.25, -0.2) is 0 Å². The van der Waals surface area contributed by atoms with Crippen LogP contribution in [-0.2, 0) is 0 Å². The molecule has 1 aliphatic carbocycles. The van der Waals surface area contributed by atoms with Crippen molar-refractivity contribution >= 4 is 16.5 Å². The Labute approximate surface area is 83.5 Å². The van der Waals surface area contributed by atoms with Gasteiger partial charge in [0.2, 0.25) is 0 Å². The van der Waals surface area contributed by atoms with Gasteiger partial charge in [-0.2, -0.15) is 0 Å². The third-order valence-corrected chi connectivity index (χ3v) is 2.94. The second-order valence-electron chi connectivity index (χ2n) is 4.14. The van der Waals surface area contributed by atoms with Crippen LogP contribution in [0, 0.1) is 0 Å². The van der Waals surface area contributed by atoms with Crippen molar-refractivity contribution in [2.45, 2.75) is 18.8 Å². The van der Waals surface area contributed by atoms with Crippen LogP contribution in [-0.4, -0.2) is 0 Å². The van der Waals surface area contributed by atoms with Crippen LogP contribution >= 0.6 is 0 Å². The highest BCUT2D eigenvalue weighted by Crippen LogP contribution is 2.40. The normalized spacial score (nSPS) is 16.0. The number of fused-ring (bicyclic) bond motifs is 1. The van der Waals surface area contributed by atoms with Gasteiger partial charge in [0.1, 0.15) is 0 Å². The molecule has 0 bridgehead atoms. The minimum atomic E-state index is 0.831. The molecule has 2 aromatic rings. The molecule has 1 aliphatic rings. The summed E-state index contributed by atoms with van der Waals surface area (Å²) in [7, 11) is 0. The van der Waals surface area contributed by atoms with Gasteiger partial charge in [-0.15, -0.1) is 0 Å². The fraction of sp³-hybridized carbons (Fsp3) is 0.231. The first-order valence-corrected chi connectivity index (χ1v) is 5.12. The van der Waals surface area contributed by atoms with Crippen LogP contribution in [0.25, 0.3) is 10.8 Å². The molecule has 70 valence electrons. The second kappa shape index (κ2) is 2.74. The zero-order chi connectivity index (χ0) is 9.54. The highest BCUT2D eigenvalue weighted by molar-refractivity contribution is 5.86. The first-order chi connectivity index (χ1) is 6.83. The summed E-state index contributed by atoms with van der Waals surface area (Å²) in [5.41, 5.74) is 8.07. The molecule has 2 N–H and O–H groups in total. The highest BCUT2D eigenvalue weighted by Gasteiger charge is 2.23. The molecule has 1 fully saturated rings. The summed E-state index contributed by atoms with van der Waals surface area (Å²) in [6.45, 7) is 0. The number of hydrogen-bond donors (Lipinski definition) is 1. The maximum absolute atomic E-state index is 5.73. The molecule has 0 atom stereocenters. The Bertz CT molecular complexity index is 484. The van der Waals surface area contributed by atoms with E-state index in [-0.39, 0.29) is 0 Å². The van der Waals surface area contributed by atoms with Crippen molar-refractivity contribution in [1.82, 2.24) is 0 Å². The van der Waals surface area contributed by atoms with E-state index >= 15 is 0 Å². The summed E-state index contributed by atoms with van der Waals surface area (Å²) < 4.78 is 0. The van der Waals surface area contributed by atoms with E-state index in [0.29, 0.717) is 0 Å². The van der Waals surface area contributed by atoms with Crippen LogP contribution < -0.4 is 5.73 Å². The number of rotatable bonds is 1. The Kier molecular flexibility index (Phi) is 1.54. The third kappa shape index (κ3) is 1.25. The second-order valence-corrected chi connectivity index (χ2v) is 4.14. The number of nitrogens with two attached hydrogens (primary N) is 1. The molecule has 3 rings (SSSR count). The Morgan fingerprint density at radius 3 is 2.43 bits per heavy atom. The smallest absolute Gasteiger partial charge is 0.0320 e. The molecule has 0 aliphatic heterocycles. The van der Waals surface area contributed by atoms with E-state index in [1.807, 2.05) is 12.1 Å². The summed E-state index contributed by atoms with van der Waals surface area (Å²) in [6, 6.07) is 12.8. The van der Waals surface area contributed by atoms with Gasteiger partial charge in [0.15, 0.2) is 0 Å². The van der Waals surface area contributed by atoms with Crippen molar-refractivity contribution in [2.75, 3.05) is 5.73 Å². The van der Waals surface area contributed by atoms with Crippen LogP contribution in [0.4, 0.5) is 5.69 Å². The van der Waals surface area contributed by atoms with Crippen molar-refractivity contribution in [3.05, 3.63) is 42.0 Å². The standard InChI is InChI=1S/C13H13N/c14-13-6-5-11-7-10(9-1-2-9)3-4-12(11)8-13/h3-9H,1-2,14H2. The lowest BCUT2D eigenvalue weighted by Gasteiger charge is -2.02. The van der Waals surface area contributed by atoms with Gasteiger partial charge in [-0.3, -0.25) is 0 Å². The SMILES string of the molecule is Nc1ccc2cc(C3CC3)ccc2c1. The number of benzene rings is 2. The largest absolute Gasteiger partial charge is 0.399 e. The molecule has 0 spiro atoms. The van der Waals surface area contributed by atoms with Gasteiger partial charge in [-0.05, 0) is 47.2 Å². The topological polar surface area (TPSA) is 26.0 Å². The van der Waals surface area contributed by atoms with Gasteiger partial charge >= 0.3 is 0 Å². The fourth-order valence-corrected chi connectivity index (χ4v) is 1.95. The lowest BCUT2D eigenvalue weighted by molar-refractivity contribution is 1.14. The minimum Gasteiger partial charge on any atom is -0.399 e. The van der Waals surface area contributed by atoms with Crippen molar-refractivity contribution in [1.29, 1.82) is 0 Å². The maximum Gasteiger partial charge on any atom is 0.0320 e. The number of nitrogen functional groups attached to an aromatic ring is 1. The zero-order valence-electron chi connectivity index (χ0n) is 8.03. The first-order valence-electron chi connectivity index (χ1n) is 5.12. The number of anilines is 1. The molecule has 2 aromatic carbocycles. The van der Waals surface area contributed by atoms with E-state index in [1.165, 1.54) is 29.2 Å². The average Bonchev–Trinajstić information content (AvgIpc) is 3.00. The minimum absolute atomic E-state index is 0.831. The number of hydrogen-bond acceptors (Lipinski definition) is 1. The molecular formula is C13H13N. The molecular weight excluding hydrogens is 170 g/mol. The maximum atomic E-state index is 5.73. The molecule has 0 saturated heterocycles. The van der Waals surface area contributed by atoms with E-state index in [4.69, 9.17) is 5.73 Å². The Morgan fingerprint density at radius 2 is 1.64 bits per heavy atom. The van der Waals surface area contributed by atoms with Crippen LogP contribution in [0.5, 0.6) is 0 Å². The third-order valence-electron chi connectivity index (χ3n) is 2.94. The molecule has 0 aromatic heterocycles. The molecule has 0 heterocycles. The molecule has 0 amide bonds. The molecule has 0 unspecified atom stereocenters. The average molecular weight is 183 g/mol. The Morgan fingerprint density at radius 1 is 0.929 bits per heavy atom. The fourth-order valence-electron chi connectivity index (χ4n) is 1.95. The summed E-state index contributed by atoms with van der Waals surface area (Å²) in [5.74, 6) is 0.831. The van der Waals surface area contributed by atoms with Crippen LogP contribution in [0.2, 0.25) is 0 Å². The van der Waals surface area contributed by atoms with Crippen LogP contribution in [0.1, 0.15) is 24.3 Å². The lowest BCUT2D eigenvalue weighted by atomic mass is 10.0. The van der Waals surface area contributed by atoms with Crippen LogP contribution in [0.15, 0.2) is 36.4 Å². The van der Waals surface area contributed by atoms with Gasteiger partial charge in [-0.1, -0.05) is 24.3 Å². The van der Waals surface area contributed by atoms with Crippen molar-refractivity contribution < 1.29 is 0 Å². The Hall–Kier alpha value is -1.50. The predicted molar refractivity (Wildman–Crippen MR) is 60.3 cm³/mol. The molecule has 1 nitrogen and oxygen atoms in total. The molecule has 14 heavy (non-hydrogen) atoms. The van der Waals surface area contributed by atoms with Crippen molar-refractivity contribution in [3.63, 3.8) is 0 Å². The Balaban J connectivity index is 2.18. The predicted octanol–water partition coefficient (Wildman–Crippen LogP) is 3.30. The van der Waals surface area contributed by atoms with Gasteiger partial charge in [0.25, 0.3) is 0 Å². The van der Waals surface area contributed by atoms with Crippen molar-refractivity contribution in [2.24, 2.45) is 0 Å². The molecule has 0 radical (unpaired) electrons. The van der Waals surface area contributed by atoms with E-state index in [9.17, 15) is 0 Å².